The summed E-state index contributed by atoms with van der Waals surface area (Å²) >= 11 is 0. The molecule has 10 heteroatoms. The molecule has 0 radical (unpaired) electrons. The summed E-state index contributed by atoms with van der Waals surface area (Å²) in [6.45, 7) is 7.57. The summed E-state index contributed by atoms with van der Waals surface area (Å²) in [4.78, 5) is 12.9. The highest BCUT2D eigenvalue weighted by Crippen LogP contribution is 2.33. The third-order valence-electron chi connectivity index (χ3n) is 5.25. The maximum atomic E-state index is 13.6. The molecule has 3 rings (SSSR count). The molecule has 3 aromatic rings. The molecule has 0 unspecified atom stereocenters. The number of hydrogen-bond donors (Lipinski definition) is 1. The van der Waals surface area contributed by atoms with Crippen molar-refractivity contribution in [2.45, 2.75) is 18.7 Å². The lowest BCUT2D eigenvalue weighted by Gasteiger charge is -2.25. The van der Waals surface area contributed by atoms with E-state index in [4.69, 9.17) is 14.2 Å². The van der Waals surface area contributed by atoms with Gasteiger partial charge in [-0.3, -0.25) is 9.10 Å². The second-order valence-electron chi connectivity index (χ2n) is 8.03. The fourth-order valence-electron chi connectivity index (χ4n) is 3.50. The second kappa shape index (κ2) is 13.3. The van der Waals surface area contributed by atoms with Gasteiger partial charge in [-0.1, -0.05) is 36.9 Å². The molecule has 38 heavy (non-hydrogen) atoms. The van der Waals surface area contributed by atoms with Gasteiger partial charge in [0.15, 0.2) is 11.5 Å². The Kier molecular flexibility index (Phi) is 9.89. The van der Waals surface area contributed by atoms with E-state index in [2.05, 4.69) is 17.1 Å². The largest absolute Gasteiger partial charge is 0.495 e. The normalized spacial score (nSPS) is 11.1. The first kappa shape index (κ1) is 28.3. The second-order valence-corrected chi connectivity index (χ2v) is 9.89. The molecule has 1 amide bonds. The minimum Gasteiger partial charge on any atom is -0.495 e. The van der Waals surface area contributed by atoms with Crippen LogP contribution in [0.2, 0.25) is 0 Å². The number of hydrogen-bond acceptors (Lipinski definition) is 7. The lowest BCUT2D eigenvalue weighted by Crippen LogP contribution is -2.39. The summed E-state index contributed by atoms with van der Waals surface area (Å²) < 4.78 is 44.8. The molecule has 0 heterocycles. The van der Waals surface area contributed by atoms with Crippen LogP contribution in [0.15, 0.2) is 89.4 Å². The van der Waals surface area contributed by atoms with Crippen LogP contribution in [0.3, 0.4) is 0 Å². The Morgan fingerprint density at radius 3 is 2.45 bits per heavy atom. The van der Waals surface area contributed by atoms with Crippen molar-refractivity contribution in [1.29, 1.82) is 0 Å². The number of carbonyl (C=O) groups excluding carboxylic acids is 1. The molecule has 200 valence electrons. The Bertz CT molecular complexity index is 1390. The van der Waals surface area contributed by atoms with Crippen molar-refractivity contribution in [3.63, 3.8) is 0 Å². The van der Waals surface area contributed by atoms with E-state index in [0.717, 1.165) is 9.87 Å². The van der Waals surface area contributed by atoms with E-state index in [-0.39, 0.29) is 10.6 Å². The number of hydrazone groups is 1. The molecule has 0 spiro atoms. The molecule has 3 aromatic carbocycles. The molecule has 0 saturated carbocycles. The van der Waals surface area contributed by atoms with Crippen LogP contribution in [0.5, 0.6) is 17.2 Å². The zero-order chi connectivity index (χ0) is 27.5. The topological polar surface area (TPSA) is 107 Å². The number of nitrogens with zero attached hydrogens (tertiary/aromatic N) is 2. The van der Waals surface area contributed by atoms with Crippen molar-refractivity contribution >= 4 is 27.8 Å². The van der Waals surface area contributed by atoms with Gasteiger partial charge in [-0.05, 0) is 67.4 Å². The van der Waals surface area contributed by atoms with Gasteiger partial charge in [-0.25, -0.2) is 13.8 Å². The van der Waals surface area contributed by atoms with Crippen LogP contribution in [0.4, 0.5) is 5.69 Å². The van der Waals surface area contributed by atoms with Crippen LogP contribution in [0, 0.1) is 6.92 Å². The van der Waals surface area contributed by atoms with Gasteiger partial charge in [0.1, 0.15) is 18.9 Å². The van der Waals surface area contributed by atoms with E-state index in [9.17, 15) is 13.2 Å². The molecule has 1 N–H and O–H groups in total. The number of methoxy groups -OCH3 is 1. The maximum Gasteiger partial charge on any atom is 0.264 e. The average molecular weight is 538 g/mol. The van der Waals surface area contributed by atoms with Crippen molar-refractivity contribution < 1.29 is 27.4 Å². The van der Waals surface area contributed by atoms with Crippen LogP contribution in [0.25, 0.3) is 0 Å². The monoisotopic (exact) mass is 537 g/mol. The fourth-order valence-corrected chi connectivity index (χ4v) is 4.94. The Hall–Kier alpha value is -4.31. The van der Waals surface area contributed by atoms with Gasteiger partial charge >= 0.3 is 0 Å². The number of rotatable bonds is 13. The molecule has 0 aliphatic carbocycles. The highest BCUT2D eigenvalue weighted by Gasteiger charge is 2.29. The number of sulfonamides is 1. The average Bonchev–Trinajstić information content (AvgIpc) is 2.92. The molecular weight excluding hydrogens is 506 g/mol. The Morgan fingerprint density at radius 1 is 1.03 bits per heavy atom. The van der Waals surface area contributed by atoms with Crippen molar-refractivity contribution in [1.82, 2.24) is 5.43 Å². The number of aryl methyl sites for hydroxylation is 1. The van der Waals surface area contributed by atoms with Crippen molar-refractivity contribution in [3.05, 3.63) is 90.5 Å². The molecule has 0 atom stereocenters. The van der Waals surface area contributed by atoms with E-state index < -0.39 is 22.5 Å². The lowest BCUT2D eigenvalue weighted by atomic mass is 10.2. The number of anilines is 1. The molecule has 0 fully saturated rings. The van der Waals surface area contributed by atoms with Crippen LogP contribution < -0.4 is 23.9 Å². The van der Waals surface area contributed by atoms with E-state index in [0.29, 0.717) is 36.0 Å². The minimum absolute atomic E-state index is 0.0436. The molecule has 9 nitrogen and oxygen atoms in total. The van der Waals surface area contributed by atoms with E-state index in [1.807, 2.05) is 13.8 Å². The van der Waals surface area contributed by atoms with Crippen molar-refractivity contribution in [3.8, 4) is 17.2 Å². The van der Waals surface area contributed by atoms with Crippen LogP contribution >= 0.6 is 0 Å². The van der Waals surface area contributed by atoms with Gasteiger partial charge in [0.05, 0.1) is 30.5 Å². The van der Waals surface area contributed by atoms with Gasteiger partial charge in [-0.15, -0.1) is 0 Å². The summed E-state index contributed by atoms with van der Waals surface area (Å²) in [6, 6.07) is 18.2. The third kappa shape index (κ3) is 7.13. The predicted molar refractivity (Wildman–Crippen MR) is 148 cm³/mol. The molecule has 0 aromatic heterocycles. The zero-order valence-corrected chi connectivity index (χ0v) is 22.4. The quantitative estimate of drug-likeness (QED) is 0.198. The first-order chi connectivity index (χ1) is 18.3. The molecule has 0 aliphatic heterocycles. The SMILES string of the molecule is C=CCOc1ccc(/C=N\NC(=O)CN(c2cc(C)ccc2OC)S(=O)(=O)c2ccccc2)cc1OCC. The summed E-state index contributed by atoms with van der Waals surface area (Å²) in [5.74, 6) is 0.756. The van der Waals surface area contributed by atoms with Crippen molar-refractivity contribution in [2.75, 3.05) is 31.2 Å². The van der Waals surface area contributed by atoms with E-state index in [1.165, 1.54) is 25.5 Å². The highest BCUT2D eigenvalue weighted by atomic mass is 32.2. The first-order valence-corrected chi connectivity index (χ1v) is 13.3. The van der Waals surface area contributed by atoms with Gasteiger partial charge in [0.2, 0.25) is 0 Å². The maximum absolute atomic E-state index is 13.6. The minimum atomic E-state index is -4.10. The van der Waals surface area contributed by atoms with E-state index >= 15 is 0 Å². The van der Waals surface area contributed by atoms with Gasteiger partial charge in [-0.2, -0.15) is 5.10 Å². The van der Waals surface area contributed by atoms with Crippen LogP contribution in [0.1, 0.15) is 18.1 Å². The summed E-state index contributed by atoms with van der Waals surface area (Å²) in [7, 11) is -2.66. The highest BCUT2D eigenvalue weighted by molar-refractivity contribution is 7.92. The fraction of sp³-hybridized carbons (Fsp3) is 0.214. The number of ether oxygens (including phenoxy) is 3. The van der Waals surface area contributed by atoms with Gasteiger partial charge in [0, 0.05) is 0 Å². The summed E-state index contributed by atoms with van der Waals surface area (Å²) in [5, 5.41) is 4.01. The molecular formula is C28H31N3O6S. The Labute approximate surface area is 223 Å². The van der Waals surface area contributed by atoms with E-state index in [1.54, 1.807) is 60.7 Å². The third-order valence-corrected chi connectivity index (χ3v) is 7.02. The van der Waals surface area contributed by atoms with Gasteiger partial charge < -0.3 is 14.2 Å². The Morgan fingerprint density at radius 2 is 1.76 bits per heavy atom. The summed E-state index contributed by atoms with van der Waals surface area (Å²) in [5.41, 5.74) is 4.10. The van der Waals surface area contributed by atoms with Crippen LogP contribution in [-0.2, 0) is 14.8 Å². The Balaban J connectivity index is 1.84. The number of nitrogens with one attached hydrogen (secondary N) is 1. The lowest BCUT2D eigenvalue weighted by molar-refractivity contribution is -0.119. The van der Waals surface area contributed by atoms with Crippen molar-refractivity contribution in [2.24, 2.45) is 5.10 Å². The standard InChI is InChI=1S/C28H31N3O6S/c1-5-16-37-26-15-13-22(18-27(26)36-6-2)19-29-30-28(32)20-31(24-17-21(3)12-14-25(24)35-4)38(33,34)23-10-8-7-9-11-23/h5,7-15,17-19H,1,6,16,20H2,2-4H3,(H,30,32)/b29-19-. The number of benzene rings is 3. The molecule has 0 aliphatic rings. The molecule has 0 saturated heterocycles. The van der Waals surface area contributed by atoms with Gasteiger partial charge in [0.25, 0.3) is 15.9 Å². The molecule has 0 bridgehead atoms. The first-order valence-electron chi connectivity index (χ1n) is 11.8. The van der Waals surface area contributed by atoms with Crippen LogP contribution in [-0.4, -0.2) is 47.4 Å². The number of carbonyl (C=O) groups is 1. The summed E-state index contributed by atoms with van der Waals surface area (Å²) in [6.07, 6.45) is 3.06. The number of amides is 1. The smallest absolute Gasteiger partial charge is 0.264 e. The zero-order valence-electron chi connectivity index (χ0n) is 21.6. The predicted octanol–water partition coefficient (Wildman–Crippen LogP) is 4.31.